The molecule has 5 heteroatoms. The molecule has 3 N–H and O–H groups in total. The molecule has 104 valence electrons. The Morgan fingerprint density at radius 1 is 1.20 bits per heavy atom. The SMILES string of the molecule is Cc1cc(F)cc(C(=O)Nc2c(C)cc(Br)cc2N)c1. The first-order chi connectivity index (χ1) is 9.36. The van der Waals surface area contributed by atoms with E-state index < -0.39 is 5.82 Å². The fourth-order valence-corrected chi connectivity index (χ4v) is 2.58. The van der Waals surface area contributed by atoms with Crippen LogP contribution in [-0.4, -0.2) is 5.91 Å². The summed E-state index contributed by atoms with van der Waals surface area (Å²) in [6.07, 6.45) is 0. The number of aryl methyl sites for hydroxylation is 2. The van der Waals surface area contributed by atoms with Gasteiger partial charge in [0.2, 0.25) is 0 Å². The first-order valence-electron chi connectivity index (χ1n) is 6.01. The summed E-state index contributed by atoms with van der Waals surface area (Å²) in [6.45, 7) is 3.58. The van der Waals surface area contributed by atoms with Crippen molar-refractivity contribution in [3.05, 3.63) is 57.3 Å². The zero-order valence-corrected chi connectivity index (χ0v) is 12.7. The number of hydrogen-bond acceptors (Lipinski definition) is 2. The van der Waals surface area contributed by atoms with Crippen LogP contribution in [0.25, 0.3) is 0 Å². The number of nitrogens with one attached hydrogen (secondary N) is 1. The molecule has 0 radical (unpaired) electrons. The fourth-order valence-electron chi connectivity index (χ4n) is 1.99. The molecule has 0 spiro atoms. The van der Waals surface area contributed by atoms with Crippen molar-refractivity contribution >= 4 is 33.2 Å². The van der Waals surface area contributed by atoms with Gasteiger partial charge in [-0.2, -0.15) is 0 Å². The number of nitrogens with two attached hydrogens (primary N) is 1. The van der Waals surface area contributed by atoms with E-state index in [9.17, 15) is 9.18 Å². The van der Waals surface area contributed by atoms with Crippen LogP contribution < -0.4 is 11.1 Å². The number of rotatable bonds is 2. The van der Waals surface area contributed by atoms with Crippen molar-refractivity contribution in [1.29, 1.82) is 0 Å². The monoisotopic (exact) mass is 336 g/mol. The summed E-state index contributed by atoms with van der Waals surface area (Å²) in [5.41, 5.74) is 8.68. The third kappa shape index (κ3) is 3.17. The van der Waals surface area contributed by atoms with Crippen molar-refractivity contribution in [2.45, 2.75) is 13.8 Å². The van der Waals surface area contributed by atoms with E-state index >= 15 is 0 Å². The molecule has 1 amide bonds. The number of benzene rings is 2. The summed E-state index contributed by atoms with van der Waals surface area (Å²) in [6, 6.07) is 7.76. The molecule has 0 atom stereocenters. The van der Waals surface area contributed by atoms with Crippen molar-refractivity contribution in [3.8, 4) is 0 Å². The van der Waals surface area contributed by atoms with E-state index in [2.05, 4.69) is 21.2 Å². The van der Waals surface area contributed by atoms with Crippen LogP contribution in [-0.2, 0) is 0 Å². The summed E-state index contributed by atoms with van der Waals surface area (Å²) in [7, 11) is 0. The Labute approximate surface area is 125 Å². The van der Waals surface area contributed by atoms with Crippen molar-refractivity contribution in [1.82, 2.24) is 0 Å². The normalized spacial score (nSPS) is 10.4. The highest BCUT2D eigenvalue weighted by Crippen LogP contribution is 2.28. The molecular formula is C15H14BrFN2O. The zero-order chi connectivity index (χ0) is 14.9. The topological polar surface area (TPSA) is 55.1 Å². The lowest BCUT2D eigenvalue weighted by atomic mass is 10.1. The molecule has 2 rings (SSSR count). The van der Waals surface area contributed by atoms with E-state index in [1.54, 1.807) is 19.1 Å². The Hall–Kier alpha value is -1.88. The Balaban J connectivity index is 2.32. The zero-order valence-electron chi connectivity index (χ0n) is 11.1. The second kappa shape index (κ2) is 5.63. The number of carbonyl (C=O) groups excluding carboxylic acids is 1. The number of nitrogen functional groups attached to an aromatic ring is 1. The van der Waals surface area contributed by atoms with Gasteiger partial charge < -0.3 is 11.1 Å². The summed E-state index contributed by atoms with van der Waals surface area (Å²) in [4.78, 5) is 12.2. The summed E-state index contributed by atoms with van der Waals surface area (Å²) in [5.74, 6) is -0.819. The number of carbonyl (C=O) groups is 1. The lowest BCUT2D eigenvalue weighted by Crippen LogP contribution is -2.14. The Bertz CT molecular complexity index is 642. The van der Waals surface area contributed by atoms with Crippen molar-refractivity contribution in [2.24, 2.45) is 0 Å². The van der Waals surface area contributed by atoms with Crippen molar-refractivity contribution in [2.75, 3.05) is 11.1 Å². The van der Waals surface area contributed by atoms with Gasteiger partial charge >= 0.3 is 0 Å². The van der Waals surface area contributed by atoms with E-state index in [0.717, 1.165) is 10.0 Å². The fraction of sp³-hybridized carbons (Fsp3) is 0.133. The highest BCUT2D eigenvalue weighted by Gasteiger charge is 2.12. The van der Waals surface area contributed by atoms with Gasteiger partial charge in [-0.3, -0.25) is 4.79 Å². The van der Waals surface area contributed by atoms with Gasteiger partial charge in [0, 0.05) is 10.0 Å². The highest BCUT2D eigenvalue weighted by molar-refractivity contribution is 9.10. The maximum absolute atomic E-state index is 13.3. The molecule has 0 saturated carbocycles. The van der Waals surface area contributed by atoms with E-state index in [1.165, 1.54) is 12.1 Å². The standard InChI is InChI=1S/C15H14BrFN2O/c1-8-3-10(6-12(17)4-8)15(20)19-14-9(2)5-11(16)7-13(14)18/h3-7H,18H2,1-2H3,(H,19,20). The van der Waals surface area contributed by atoms with Gasteiger partial charge in [-0.1, -0.05) is 15.9 Å². The van der Waals surface area contributed by atoms with E-state index in [0.29, 0.717) is 16.9 Å². The van der Waals surface area contributed by atoms with Gasteiger partial charge in [-0.25, -0.2) is 4.39 Å². The van der Waals surface area contributed by atoms with Crippen LogP contribution in [0.1, 0.15) is 21.5 Å². The molecule has 0 unspecified atom stereocenters. The molecule has 2 aromatic rings. The predicted molar refractivity (Wildman–Crippen MR) is 82.4 cm³/mol. The molecule has 0 bridgehead atoms. The minimum Gasteiger partial charge on any atom is -0.397 e. The van der Waals surface area contributed by atoms with Gasteiger partial charge in [0.15, 0.2) is 0 Å². The van der Waals surface area contributed by atoms with Gasteiger partial charge in [-0.15, -0.1) is 0 Å². The Kier molecular flexibility index (Phi) is 4.09. The third-order valence-electron chi connectivity index (χ3n) is 2.87. The quantitative estimate of drug-likeness (QED) is 0.813. The largest absolute Gasteiger partial charge is 0.397 e. The molecule has 0 aliphatic rings. The van der Waals surface area contributed by atoms with Crippen LogP contribution >= 0.6 is 15.9 Å². The molecule has 0 saturated heterocycles. The highest BCUT2D eigenvalue weighted by atomic mass is 79.9. The second-order valence-corrected chi connectivity index (χ2v) is 5.57. The van der Waals surface area contributed by atoms with E-state index in [-0.39, 0.29) is 11.5 Å². The number of amides is 1. The molecule has 2 aromatic carbocycles. The van der Waals surface area contributed by atoms with Crippen LogP contribution in [0.2, 0.25) is 0 Å². The first kappa shape index (κ1) is 14.5. The molecule has 0 fully saturated rings. The van der Waals surface area contributed by atoms with Crippen LogP contribution in [0.4, 0.5) is 15.8 Å². The lowest BCUT2D eigenvalue weighted by Gasteiger charge is -2.12. The minimum atomic E-state index is -0.435. The first-order valence-corrected chi connectivity index (χ1v) is 6.80. The van der Waals surface area contributed by atoms with Crippen LogP contribution in [0.3, 0.4) is 0 Å². The number of anilines is 2. The summed E-state index contributed by atoms with van der Waals surface area (Å²) >= 11 is 3.34. The average molecular weight is 337 g/mol. The molecule has 20 heavy (non-hydrogen) atoms. The molecule has 0 aliphatic carbocycles. The summed E-state index contributed by atoms with van der Waals surface area (Å²) in [5, 5.41) is 2.72. The second-order valence-electron chi connectivity index (χ2n) is 4.66. The molecular weight excluding hydrogens is 323 g/mol. The van der Waals surface area contributed by atoms with Crippen LogP contribution in [0.15, 0.2) is 34.8 Å². The molecule has 3 nitrogen and oxygen atoms in total. The lowest BCUT2D eigenvalue weighted by molar-refractivity contribution is 0.102. The molecule has 0 heterocycles. The van der Waals surface area contributed by atoms with Crippen molar-refractivity contribution in [3.63, 3.8) is 0 Å². The van der Waals surface area contributed by atoms with Gasteiger partial charge in [0.1, 0.15) is 5.82 Å². The third-order valence-corrected chi connectivity index (χ3v) is 3.33. The maximum Gasteiger partial charge on any atom is 0.255 e. The smallest absolute Gasteiger partial charge is 0.255 e. The Morgan fingerprint density at radius 3 is 2.50 bits per heavy atom. The summed E-state index contributed by atoms with van der Waals surface area (Å²) < 4.78 is 14.2. The number of hydrogen-bond donors (Lipinski definition) is 2. The van der Waals surface area contributed by atoms with Gasteiger partial charge in [0.05, 0.1) is 11.4 Å². The van der Waals surface area contributed by atoms with E-state index in [1.807, 2.05) is 13.0 Å². The maximum atomic E-state index is 13.3. The molecule has 0 aromatic heterocycles. The Morgan fingerprint density at radius 2 is 1.90 bits per heavy atom. The van der Waals surface area contributed by atoms with Crippen molar-refractivity contribution < 1.29 is 9.18 Å². The predicted octanol–water partition coefficient (Wildman–Crippen LogP) is 4.04. The van der Waals surface area contributed by atoms with Crippen LogP contribution in [0, 0.1) is 19.7 Å². The van der Waals surface area contributed by atoms with E-state index in [4.69, 9.17) is 5.73 Å². The van der Waals surface area contributed by atoms with Gasteiger partial charge in [-0.05, 0) is 55.3 Å². The van der Waals surface area contributed by atoms with Crippen LogP contribution in [0.5, 0.6) is 0 Å². The number of halogens is 2. The minimum absolute atomic E-state index is 0.268. The average Bonchev–Trinajstić information content (AvgIpc) is 2.32. The molecule has 0 aliphatic heterocycles. The van der Waals surface area contributed by atoms with Gasteiger partial charge in [0.25, 0.3) is 5.91 Å².